The number of piperidine rings is 3. The van der Waals surface area contributed by atoms with E-state index in [1.54, 1.807) is 0 Å². The van der Waals surface area contributed by atoms with Crippen LogP contribution in [-0.4, -0.2) is 42.8 Å². The maximum Gasteiger partial charge on any atom is 0.0803 e. The highest BCUT2D eigenvalue weighted by Gasteiger charge is 2.51. The van der Waals surface area contributed by atoms with Crippen molar-refractivity contribution in [3.8, 4) is 0 Å². The van der Waals surface area contributed by atoms with Gasteiger partial charge in [-0.15, -0.1) is 0 Å². The second-order valence-electron chi connectivity index (χ2n) is 7.73. The lowest BCUT2D eigenvalue weighted by molar-refractivity contribution is -0.0370. The van der Waals surface area contributed by atoms with Gasteiger partial charge in [-0.25, -0.2) is 0 Å². The van der Waals surface area contributed by atoms with Crippen LogP contribution in [0.25, 0.3) is 0 Å². The molecule has 0 radical (unpaired) electrons. The van der Waals surface area contributed by atoms with Crippen LogP contribution < -0.4 is 5.32 Å². The third-order valence-corrected chi connectivity index (χ3v) is 6.73. The summed E-state index contributed by atoms with van der Waals surface area (Å²) in [7, 11) is 0. The number of nitrogens with one attached hydrogen (secondary N) is 1. The molecular weight excluding hydrogens is 272 g/mol. The van der Waals surface area contributed by atoms with E-state index in [4.69, 9.17) is 4.74 Å². The van der Waals surface area contributed by atoms with Crippen molar-refractivity contribution in [3.05, 3.63) is 29.8 Å². The first-order chi connectivity index (χ1) is 10.8. The van der Waals surface area contributed by atoms with Gasteiger partial charge in [-0.05, 0) is 50.3 Å². The number of hydrogen-bond acceptors (Lipinski definition) is 3. The van der Waals surface area contributed by atoms with Crippen LogP contribution in [0.2, 0.25) is 0 Å². The van der Waals surface area contributed by atoms with Gasteiger partial charge in [-0.1, -0.05) is 18.2 Å². The Kier molecular flexibility index (Phi) is 3.02. The van der Waals surface area contributed by atoms with Crippen LogP contribution in [0.5, 0.6) is 0 Å². The predicted molar refractivity (Wildman–Crippen MR) is 88.2 cm³/mol. The summed E-state index contributed by atoms with van der Waals surface area (Å²) in [5, 5.41) is 3.57. The summed E-state index contributed by atoms with van der Waals surface area (Å²) < 4.78 is 6.71. The summed E-state index contributed by atoms with van der Waals surface area (Å²) in [5.41, 5.74) is 2.81. The average Bonchev–Trinajstić information content (AvgIpc) is 2.78. The Morgan fingerprint density at radius 3 is 3.00 bits per heavy atom. The minimum Gasteiger partial charge on any atom is -0.385 e. The average molecular weight is 298 g/mol. The number of anilines is 1. The van der Waals surface area contributed by atoms with E-state index in [0.717, 1.165) is 18.4 Å². The first kappa shape index (κ1) is 13.4. The molecule has 0 spiro atoms. The molecule has 5 saturated heterocycles. The van der Waals surface area contributed by atoms with E-state index in [2.05, 4.69) is 41.4 Å². The molecule has 7 atom stereocenters. The van der Waals surface area contributed by atoms with Crippen LogP contribution >= 0.6 is 0 Å². The van der Waals surface area contributed by atoms with Gasteiger partial charge in [-0.2, -0.15) is 0 Å². The van der Waals surface area contributed by atoms with Crippen molar-refractivity contribution >= 4 is 5.69 Å². The summed E-state index contributed by atoms with van der Waals surface area (Å²) in [4.78, 5) is 2.75. The third kappa shape index (κ3) is 1.88. The van der Waals surface area contributed by atoms with Crippen molar-refractivity contribution in [2.75, 3.05) is 25.0 Å². The molecule has 3 heteroatoms. The highest BCUT2D eigenvalue weighted by molar-refractivity contribution is 5.55. The van der Waals surface area contributed by atoms with Crippen LogP contribution in [0.15, 0.2) is 24.3 Å². The number of nitrogens with zero attached hydrogens (tertiary/aromatic N) is 1. The Bertz CT molecular complexity index is 574. The fraction of sp³-hybridized carbons (Fsp3) is 0.684. The second-order valence-corrected chi connectivity index (χ2v) is 7.73. The smallest absolute Gasteiger partial charge is 0.0803 e. The molecule has 3 nitrogen and oxygen atoms in total. The van der Waals surface area contributed by atoms with E-state index >= 15 is 0 Å². The fourth-order valence-corrected chi connectivity index (χ4v) is 5.63. The highest BCUT2D eigenvalue weighted by Crippen LogP contribution is 2.48. The van der Waals surface area contributed by atoms with Crippen molar-refractivity contribution in [1.29, 1.82) is 0 Å². The Morgan fingerprint density at radius 1 is 1.23 bits per heavy atom. The molecule has 6 heterocycles. The summed E-state index contributed by atoms with van der Waals surface area (Å²) in [6, 6.07) is 9.51. The Labute approximate surface area is 133 Å². The fourth-order valence-electron chi connectivity index (χ4n) is 5.63. The van der Waals surface area contributed by atoms with E-state index < -0.39 is 0 Å². The number of para-hydroxylation sites is 1. The Balaban J connectivity index is 1.53. The van der Waals surface area contributed by atoms with Crippen molar-refractivity contribution in [2.45, 2.75) is 50.4 Å². The molecule has 1 aromatic carbocycles. The van der Waals surface area contributed by atoms with Crippen LogP contribution in [0.3, 0.4) is 0 Å². The van der Waals surface area contributed by atoms with Gasteiger partial charge in [0.2, 0.25) is 0 Å². The SMILES string of the molecule is CC1O[C@@H](C2CCNc3ccccc32)[C@H]2C[C@@H]3CCN2C[C@H]13. The molecule has 4 bridgehead atoms. The lowest BCUT2D eigenvalue weighted by Crippen LogP contribution is -2.56. The molecule has 0 aliphatic carbocycles. The van der Waals surface area contributed by atoms with Crippen molar-refractivity contribution < 1.29 is 4.74 Å². The maximum absolute atomic E-state index is 6.71. The van der Waals surface area contributed by atoms with Crippen LogP contribution in [0, 0.1) is 11.8 Å². The highest BCUT2D eigenvalue weighted by atomic mass is 16.5. The van der Waals surface area contributed by atoms with Gasteiger partial charge in [0, 0.05) is 36.7 Å². The van der Waals surface area contributed by atoms with E-state index in [1.807, 2.05) is 0 Å². The minimum atomic E-state index is 0.383. The van der Waals surface area contributed by atoms with Crippen molar-refractivity contribution in [3.63, 3.8) is 0 Å². The molecule has 6 aliphatic rings. The lowest BCUT2D eigenvalue weighted by Gasteiger charge is -2.49. The molecule has 0 aromatic heterocycles. The first-order valence-electron chi connectivity index (χ1n) is 9.03. The molecule has 0 amide bonds. The molecule has 5 fully saturated rings. The van der Waals surface area contributed by atoms with Gasteiger partial charge in [0.1, 0.15) is 0 Å². The van der Waals surface area contributed by atoms with Gasteiger partial charge in [0.05, 0.1) is 12.2 Å². The number of hydrogen-bond donors (Lipinski definition) is 1. The summed E-state index contributed by atoms with van der Waals surface area (Å²) in [6.07, 6.45) is 4.77. The molecule has 0 saturated carbocycles. The maximum atomic E-state index is 6.71. The minimum absolute atomic E-state index is 0.383. The molecule has 118 valence electrons. The first-order valence-corrected chi connectivity index (χ1v) is 9.03. The zero-order chi connectivity index (χ0) is 14.7. The molecule has 22 heavy (non-hydrogen) atoms. The Morgan fingerprint density at radius 2 is 2.14 bits per heavy atom. The van der Waals surface area contributed by atoms with Gasteiger partial charge in [0.25, 0.3) is 0 Å². The molecule has 7 rings (SSSR count). The Hall–Kier alpha value is -1.06. The summed E-state index contributed by atoms with van der Waals surface area (Å²) >= 11 is 0. The number of benzene rings is 1. The normalized spacial score (nSPS) is 46.0. The standard InChI is InChI=1S/C19H26N2O/c1-12-16-11-21-9-7-13(16)10-18(21)19(22-12)15-6-8-20-17-5-3-2-4-14(15)17/h2-5,12-13,15-16,18-20H,6-11H2,1H3/t12?,13-,15?,16+,18+,19-/m0/s1. The monoisotopic (exact) mass is 298 g/mol. The van der Waals surface area contributed by atoms with Crippen LogP contribution in [0.4, 0.5) is 5.69 Å². The van der Waals surface area contributed by atoms with E-state index in [9.17, 15) is 0 Å². The van der Waals surface area contributed by atoms with Gasteiger partial charge >= 0.3 is 0 Å². The molecule has 1 N–H and O–H groups in total. The quantitative estimate of drug-likeness (QED) is 0.862. The van der Waals surface area contributed by atoms with Crippen LogP contribution in [-0.2, 0) is 4.74 Å². The van der Waals surface area contributed by atoms with E-state index in [0.29, 0.717) is 24.2 Å². The second kappa shape index (κ2) is 4.97. The third-order valence-electron chi connectivity index (χ3n) is 6.73. The van der Waals surface area contributed by atoms with Gasteiger partial charge in [0.15, 0.2) is 0 Å². The van der Waals surface area contributed by atoms with Crippen molar-refractivity contribution in [2.24, 2.45) is 11.8 Å². The summed E-state index contributed by atoms with van der Waals surface area (Å²) in [5.74, 6) is 2.24. The van der Waals surface area contributed by atoms with Crippen molar-refractivity contribution in [1.82, 2.24) is 4.90 Å². The largest absolute Gasteiger partial charge is 0.385 e. The van der Waals surface area contributed by atoms with Crippen LogP contribution in [0.1, 0.15) is 37.7 Å². The van der Waals surface area contributed by atoms with Gasteiger partial charge in [-0.3, -0.25) is 4.90 Å². The lowest BCUT2D eigenvalue weighted by atomic mass is 9.72. The topological polar surface area (TPSA) is 24.5 Å². The molecule has 1 aromatic rings. The number of ether oxygens (including phenoxy) is 1. The zero-order valence-electron chi connectivity index (χ0n) is 13.4. The van der Waals surface area contributed by atoms with Gasteiger partial charge < -0.3 is 10.1 Å². The molecule has 3 unspecified atom stereocenters. The summed E-state index contributed by atoms with van der Waals surface area (Å²) in [6.45, 7) is 5.98. The van der Waals surface area contributed by atoms with E-state index in [-0.39, 0.29) is 0 Å². The zero-order valence-corrected chi connectivity index (χ0v) is 13.4. The van der Waals surface area contributed by atoms with E-state index in [1.165, 1.54) is 43.6 Å². The predicted octanol–water partition coefficient (Wildman–Crippen LogP) is 3.08. The molecule has 6 aliphatic heterocycles. The number of fused-ring (bicyclic) bond motifs is 4. The number of rotatable bonds is 1. The molecular formula is C19H26N2O.